The van der Waals surface area contributed by atoms with Crippen molar-refractivity contribution in [1.82, 2.24) is 20.6 Å². The Morgan fingerprint density at radius 3 is 2.86 bits per heavy atom. The second kappa shape index (κ2) is 6.98. The molecule has 0 spiro atoms. The minimum atomic E-state index is -0.290. The van der Waals surface area contributed by atoms with E-state index in [1.807, 2.05) is 13.8 Å². The first-order valence-electron chi connectivity index (χ1n) is 6.65. The van der Waals surface area contributed by atoms with E-state index in [9.17, 15) is 4.79 Å². The third-order valence-electron chi connectivity index (χ3n) is 2.74. The maximum Gasteiger partial charge on any atom is 0.273 e. The van der Waals surface area contributed by atoms with Crippen molar-refractivity contribution in [3.05, 3.63) is 29.2 Å². The summed E-state index contributed by atoms with van der Waals surface area (Å²) in [6.07, 6.45) is 0.442. The lowest BCUT2D eigenvalue weighted by molar-refractivity contribution is 0.0944. The van der Waals surface area contributed by atoms with Gasteiger partial charge in [-0.15, -0.1) is 0 Å². The van der Waals surface area contributed by atoms with Crippen LogP contribution in [-0.2, 0) is 17.8 Å². The maximum atomic E-state index is 11.9. The molecule has 1 amide bonds. The highest BCUT2D eigenvalue weighted by Gasteiger charge is 2.14. The van der Waals surface area contributed by atoms with Gasteiger partial charge in [-0.1, -0.05) is 24.2 Å². The summed E-state index contributed by atoms with van der Waals surface area (Å²) in [6.45, 7) is 4.61. The van der Waals surface area contributed by atoms with Gasteiger partial charge in [0.2, 0.25) is 5.89 Å². The fourth-order valence-electron chi connectivity index (χ4n) is 1.62. The zero-order chi connectivity index (χ0) is 15.2. The summed E-state index contributed by atoms with van der Waals surface area (Å²) in [7, 11) is 1.56. The predicted octanol–water partition coefficient (Wildman–Crippen LogP) is 1.30. The molecular weight excluding hydrogens is 276 g/mol. The van der Waals surface area contributed by atoms with E-state index in [-0.39, 0.29) is 17.5 Å². The molecule has 0 aromatic carbocycles. The predicted molar refractivity (Wildman–Crippen MR) is 71.6 cm³/mol. The monoisotopic (exact) mass is 294 g/mol. The Kier molecular flexibility index (Phi) is 5.04. The molecule has 1 N–H and O–H groups in total. The van der Waals surface area contributed by atoms with Gasteiger partial charge in [0, 0.05) is 32.1 Å². The first kappa shape index (κ1) is 15.2. The molecule has 0 aliphatic heterocycles. The summed E-state index contributed by atoms with van der Waals surface area (Å²) in [4.78, 5) is 16.0. The van der Waals surface area contributed by atoms with Crippen LogP contribution in [0.25, 0.3) is 0 Å². The lowest BCUT2D eigenvalue weighted by Crippen LogP contribution is -2.26. The average molecular weight is 294 g/mol. The van der Waals surface area contributed by atoms with Gasteiger partial charge in [0.1, 0.15) is 12.4 Å². The molecule has 0 unspecified atom stereocenters. The number of nitrogens with zero attached hydrogens (tertiary/aromatic N) is 3. The van der Waals surface area contributed by atoms with Crippen molar-refractivity contribution in [3.63, 3.8) is 0 Å². The van der Waals surface area contributed by atoms with Crippen molar-refractivity contribution in [2.75, 3.05) is 13.7 Å². The SMILES string of the molecule is COCc1noc(CCNC(=O)c2cc(C(C)C)on2)n1. The van der Waals surface area contributed by atoms with Crippen LogP contribution in [0.4, 0.5) is 0 Å². The number of amides is 1. The molecule has 0 saturated heterocycles. The molecule has 8 nitrogen and oxygen atoms in total. The first-order valence-corrected chi connectivity index (χ1v) is 6.65. The van der Waals surface area contributed by atoms with Gasteiger partial charge in [0.15, 0.2) is 11.5 Å². The molecule has 8 heteroatoms. The molecule has 0 fully saturated rings. The third kappa shape index (κ3) is 4.12. The minimum Gasteiger partial charge on any atom is -0.377 e. The van der Waals surface area contributed by atoms with Crippen molar-refractivity contribution in [2.45, 2.75) is 32.8 Å². The molecule has 0 atom stereocenters. The Morgan fingerprint density at radius 2 is 2.19 bits per heavy atom. The third-order valence-corrected chi connectivity index (χ3v) is 2.74. The highest BCUT2D eigenvalue weighted by atomic mass is 16.5. The number of aromatic nitrogens is 3. The van der Waals surface area contributed by atoms with E-state index >= 15 is 0 Å². The van der Waals surface area contributed by atoms with E-state index in [0.29, 0.717) is 37.0 Å². The van der Waals surface area contributed by atoms with E-state index in [2.05, 4.69) is 20.6 Å². The highest BCUT2D eigenvalue weighted by Crippen LogP contribution is 2.14. The van der Waals surface area contributed by atoms with Gasteiger partial charge in [0.05, 0.1) is 0 Å². The molecule has 114 valence electrons. The summed E-state index contributed by atoms with van der Waals surface area (Å²) in [5.41, 5.74) is 0.268. The number of rotatable bonds is 7. The van der Waals surface area contributed by atoms with Gasteiger partial charge in [-0.25, -0.2) is 0 Å². The van der Waals surface area contributed by atoms with Gasteiger partial charge >= 0.3 is 0 Å². The zero-order valence-corrected chi connectivity index (χ0v) is 12.3. The standard InChI is InChI=1S/C13H18N4O4/c1-8(2)10-6-9(16-20-10)13(18)14-5-4-12-15-11(7-19-3)17-21-12/h6,8H,4-5,7H2,1-3H3,(H,14,18). The number of hydrogen-bond donors (Lipinski definition) is 1. The molecule has 0 bridgehead atoms. The fourth-order valence-corrected chi connectivity index (χ4v) is 1.62. The molecule has 0 aliphatic carbocycles. The smallest absolute Gasteiger partial charge is 0.273 e. The summed E-state index contributed by atoms with van der Waals surface area (Å²) >= 11 is 0. The Bertz CT molecular complexity index is 591. The molecule has 0 radical (unpaired) electrons. The van der Waals surface area contributed by atoms with Crippen LogP contribution in [0.1, 0.15) is 47.7 Å². The average Bonchev–Trinajstić information content (AvgIpc) is 3.08. The Labute approximate surface area is 121 Å². The van der Waals surface area contributed by atoms with Crippen molar-refractivity contribution >= 4 is 5.91 Å². The topological polar surface area (TPSA) is 103 Å². The summed E-state index contributed by atoms with van der Waals surface area (Å²) < 4.78 is 15.0. The van der Waals surface area contributed by atoms with E-state index in [1.165, 1.54) is 0 Å². The number of methoxy groups -OCH3 is 1. The van der Waals surface area contributed by atoms with Crippen LogP contribution in [0, 0.1) is 0 Å². The van der Waals surface area contributed by atoms with Crippen molar-refractivity contribution < 1.29 is 18.6 Å². The van der Waals surface area contributed by atoms with Crippen LogP contribution in [0.2, 0.25) is 0 Å². The van der Waals surface area contributed by atoms with E-state index in [0.717, 1.165) is 0 Å². The summed E-state index contributed by atoms with van der Waals surface area (Å²) in [6, 6.07) is 1.64. The first-order chi connectivity index (χ1) is 10.1. The summed E-state index contributed by atoms with van der Waals surface area (Å²) in [5, 5.41) is 10.2. The molecule has 2 aromatic heterocycles. The van der Waals surface area contributed by atoms with Gasteiger partial charge in [-0.3, -0.25) is 4.79 Å². The van der Waals surface area contributed by atoms with Gasteiger partial charge in [-0.05, 0) is 0 Å². The van der Waals surface area contributed by atoms with E-state index in [4.69, 9.17) is 13.8 Å². The van der Waals surface area contributed by atoms with Crippen LogP contribution in [0.3, 0.4) is 0 Å². The van der Waals surface area contributed by atoms with Crippen LogP contribution >= 0.6 is 0 Å². The molecular formula is C13H18N4O4. The molecule has 0 saturated carbocycles. The Hall–Kier alpha value is -2.22. The minimum absolute atomic E-state index is 0.191. The molecule has 2 rings (SSSR count). The fraction of sp³-hybridized carbons (Fsp3) is 0.538. The second-order valence-electron chi connectivity index (χ2n) is 4.81. The molecule has 2 heterocycles. The number of hydrogen-bond acceptors (Lipinski definition) is 7. The lowest BCUT2D eigenvalue weighted by Gasteiger charge is -1.99. The molecule has 21 heavy (non-hydrogen) atoms. The quantitative estimate of drug-likeness (QED) is 0.820. The number of nitrogens with one attached hydrogen (secondary N) is 1. The van der Waals surface area contributed by atoms with Crippen molar-refractivity contribution in [1.29, 1.82) is 0 Å². The normalized spacial score (nSPS) is 11.0. The van der Waals surface area contributed by atoms with Gasteiger partial charge in [0.25, 0.3) is 5.91 Å². The number of ether oxygens (including phenoxy) is 1. The number of carbonyl (C=O) groups is 1. The van der Waals surface area contributed by atoms with Crippen molar-refractivity contribution in [2.24, 2.45) is 0 Å². The lowest BCUT2D eigenvalue weighted by atomic mass is 10.1. The van der Waals surface area contributed by atoms with E-state index < -0.39 is 0 Å². The Morgan fingerprint density at radius 1 is 1.38 bits per heavy atom. The van der Waals surface area contributed by atoms with Crippen LogP contribution in [0.5, 0.6) is 0 Å². The van der Waals surface area contributed by atoms with Crippen molar-refractivity contribution in [3.8, 4) is 0 Å². The van der Waals surface area contributed by atoms with Crippen LogP contribution < -0.4 is 5.32 Å². The van der Waals surface area contributed by atoms with Crippen LogP contribution in [-0.4, -0.2) is 34.9 Å². The zero-order valence-electron chi connectivity index (χ0n) is 12.3. The van der Waals surface area contributed by atoms with Gasteiger partial charge < -0.3 is 19.1 Å². The number of carbonyl (C=O) groups excluding carboxylic acids is 1. The largest absolute Gasteiger partial charge is 0.377 e. The summed E-state index contributed by atoms with van der Waals surface area (Å²) in [5.74, 6) is 1.52. The molecule has 2 aromatic rings. The van der Waals surface area contributed by atoms with E-state index in [1.54, 1.807) is 13.2 Å². The van der Waals surface area contributed by atoms with Crippen LogP contribution in [0.15, 0.2) is 15.1 Å². The highest BCUT2D eigenvalue weighted by molar-refractivity contribution is 5.92. The molecule has 0 aliphatic rings. The second-order valence-corrected chi connectivity index (χ2v) is 4.81. The van der Waals surface area contributed by atoms with Gasteiger partial charge in [-0.2, -0.15) is 4.98 Å². The Balaban J connectivity index is 1.80. The maximum absolute atomic E-state index is 11.9.